The Bertz CT molecular complexity index is 1440. The van der Waals surface area contributed by atoms with E-state index in [1.807, 2.05) is 29.0 Å². The van der Waals surface area contributed by atoms with Gasteiger partial charge < -0.3 is 19.6 Å². The molecule has 6 nitrogen and oxygen atoms in total. The smallest absolute Gasteiger partial charge is 0.298 e. The van der Waals surface area contributed by atoms with Gasteiger partial charge in [-0.05, 0) is 52.6 Å². The Morgan fingerprint density at radius 3 is 2.48 bits per heavy atom. The first-order valence-electron chi connectivity index (χ1n) is 10.2. The van der Waals surface area contributed by atoms with Crippen LogP contribution in [0.5, 0.6) is 0 Å². The van der Waals surface area contributed by atoms with Gasteiger partial charge in [-0.2, -0.15) is 4.98 Å². The molecule has 0 atom stereocenters. The number of anilines is 1. The number of oxazole rings is 1. The van der Waals surface area contributed by atoms with Crippen LogP contribution in [0, 0.1) is 0 Å². The Balaban J connectivity index is 1.32. The molecule has 0 unspecified atom stereocenters. The van der Waals surface area contributed by atoms with Crippen LogP contribution in [0.1, 0.15) is 11.1 Å². The molecule has 6 heteroatoms. The highest BCUT2D eigenvalue weighted by molar-refractivity contribution is 5.89. The van der Waals surface area contributed by atoms with Crippen molar-refractivity contribution in [2.24, 2.45) is 5.73 Å². The molecule has 5 aromatic rings. The Morgan fingerprint density at radius 2 is 1.71 bits per heavy atom. The molecule has 1 aliphatic rings. The molecule has 1 aliphatic heterocycles. The minimum Gasteiger partial charge on any atom is -0.423 e. The molecule has 0 radical (unpaired) electrons. The second-order valence-corrected chi connectivity index (χ2v) is 7.99. The van der Waals surface area contributed by atoms with Crippen LogP contribution >= 0.6 is 0 Å². The summed E-state index contributed by atoms with van der Waals surface area (Å²) in [6.45, 7) is 1.81. The van der Waals surface area contributed by atoms with E-state index in [1.165, 1.54) is 11.1 Å². The number of hydrogen-bond acceptors (Lipinski definition) is 4. The largest absolute Gasteiger partial charge is 0.423 e. The zero-order valence-corrected chi connectivity index (χ0v) is 16.8. The monoisotopic (exact) mass is 408 g/mol. The number of nitrogens with two attached hydrogens (primary N) is 1. The molecule has 0 fully saturated rings. The van der Waals surface area contributed by atoms with Crippen LogP contribution in [0.4, 0.5) is 6.01 Å². The third kappa shape index (κ3) is 3.04. The molecule has 152 valence electrons. The predicted octanol–water partition coefficient (Wildman–Crippen LogP) is 4.46. The van der Waals surface area contributed by atoms with Gasteiger partial charge in [-0.3, -0.25) is 4.79 Å². The van der Waals surface area contributed by atoms with Crippen molar-refractivity contribution >= 4 is 33.9 Å². The standard InChI is InChI=1S/C25H20N4O2/c26-24(30)15-28-10-9-18-11-16(5-7-22(18)28)17-6-8-23-21(12-17)27-25(31-23)29-13-19-3-1-2-4-20(19)14-29/h1-12H,13-15H2,(H2,26,30). The molecule has 0 bridgehead atoms. The van der Waals surface area contributed by atoms with Crippen molar-refractivity contribution in [2.75, 3.05) is 4.90 Å². The van der Waals surface area contributed by atoms with Crippen LogP contribution in [0.2, 0.25) is 0 Å². The van der Waals surface area contributed by atoms with Crippen molar-refractivity contribution in [2.45, 2.75) is 19.6 Å². The minimum atomic E-state index is -0.352. The second kappa shape index (κ2) is 6.74. The number of fused-ring (bicyclic) bond motifs is 3. The van der Waals surface area contributed by atoms with Gasteiger partial charge in [-0.1, -0.05) is 36.4 Å². The molecular formula is C25H20N4O2. The van der Waals surface area contributed by atoms with E-state index in [0.29, 0.717) is 6.01 Å². The maximum absolute atomic E-state index is 11.3. The number of primary amides is 1. The summed E-state index contributed by atoms with van der Waals surface area (Å²) in [6, 6.07) is 23.4. The maximum atomic E-state index is 11.3. The highest BCUT2D eigenvalue weighted by Gasteiger charge is 2.22. The van der Waals surface area contributed by atoms with Crippen LogP contribution in [0.15, 0.2) is 77.3 Å². The SMILES string of the molecule is NC(=O)Cn1ccc2cc(-c3ccc4oc(N5Cc6ccccc6C5)nc4c3)ccc21. The number of rotatable bonds is 4. The summed E-state index contributed by atoms with van der Waals surface area (Å²) in [7, 11) is 0. The van der Waals surface area contributed by atoms with Gasteiger partial charge in [0.15, 0.2) is 5.58 Å². The van der Waals surface area contributed by atoms with Gasteiger partial charge in [-0.25, -0.2) is 0 Å². The first kappa shape index (κ1) is 17.8. The summed E-state index contributed by atoms with van der Waals surface area (Å²) >= 11 is 0. The molecule has 31 heavy (non-hydrogen) atoms. The van der Waals surface area contributed by atoms with Gasteiger partial charge >= 0.3 is 0 Å². The third-order valence-electron chi connectivity index (χ3n) is 5.92. The minimum absolute atomic E-state index is 0.177. The summed E-state index contributed by atoms with van der Waals surface area (Å²) < 4.78 is 7.92. The lowest BCUT2D eigenvalue weighted by Crippen LogP contribution is -2.17. The summed E-state index contributed by atoms with van der Waals surface area (Å²) in [6.07, 6.45) is 1.89. The molecule has 0 saturated heterocycles. The molecule has 1 amide bonds. The first-order chi connectivity index (χ1) is 15.1. The van der Waals surface area contributed by atoms with E-state index in [4.69, 9.17) is 15.1 Å². The van der Waals surface area contributed by atoms with E-state index < -0.39 is 0 Å². The Kier molecular flexibility index (Phi) is 3.86. The fourth-order valence-corrected chi connectivity index (χ4v) is 4.38. The van der Waals surface area contributed by atoms with Crippen molar-refractivity contribution in [3.05, 3.63) is 84.1 Å². The summed E-state index contributed by atoms with van der Waals surface area (Å²) in [5.41, 5.74) is 12.8. The van der Waals surface area contributed by atoms with Crippen LogP contribution < -0.4 is 10.6 Å². The zero-order valence-electron chi connectivity index (χ0n) is 16.8. The number of carbonyl (C=O) groups is 1. The van der Waals surface area contributed by atoms with Crippen LogP contribution in [-0.2, 0) is 24.4 Å². The zero-order chi connectivity index (χ0) is 20.9. The normalized spacial score (nSPS) is 13.2. The van der Waals surface area contributed by atoms with Crippen molar-refractivity contribution in [3.63, 3.8) is 0 Å². The molecule has 0 saturated carbocycles. The number of aromatic nitrogens is 2. The first-order valence-corrected chi connectivity index (χ1v) is 10.2. The Hall–Kier alpha value is -4.06. The predicted molar refractivity (Wildman–Crippen MR) is 120 cm³/mol. The average Bonchev–Trinajstić information content (AvgIpc) is 3.48. The lowest BCUT2D eigenvalue weighted by molar-refractivity contribution is -0.118. The molecule has 0 spiro atoms. The van der Waals surface area contributed by atoms with E-state index in [2.05, 4.69) is 53.4 Å². The van der Waals surface area contributed by atoms with Gasteiger partial charge in [-0.15, -0.1) is 0 Å². The Labute approximate surface area is 178 Å². The highest BCUT2D eigenvalue weighted by atomic mass is 16.4. The van der Waals surface area contributed by atoms with Gasteiger partial charge in [0.05, 0.1) is 0 Å². The van der Waals surface area contributed by atoms with Gasteiger partial charge in [0.25, 0.3) is 6.01 Å². The van der Waals surface area contributed by atoms with Crippen molar-refractivity contribution in [1.29, 1.82) is 0 Å². The van der Waals surface area contributed by atoms with Crippen LogP contribution in [-0.4, -0.2) is 15.5 Å². The molecule has 2 N–H and O–H groups in total. The Morgan fingerprint density at radius 1 is 0.968 bits per heavy atom. The summed E-state index contributed by atoms with van der Waals surface area (Å²) in [5, 5.41) is 1.06. The number of carbonyl (C=O) groups excluding carboxylic acids is 1. The lowest BCUT2D eigenvalue weighted by Gasteiger charge is -2.10. The van der Waals surface area contributed by atoms with Gasteiger partial charge in [0.1, 0.15) is 12.1 Å². The highest BCUT2D eigenvalue weighted by Crippen LogP contribution is 2.32. The number of amides is 1. The summed E-state index contributed by atoms with van der Waals surface area (Å²) in [4.78, 5) is 18.2. The molecular weight excluding hydrogens is 388 g/mol. The second-order valence-electron chi connectivity index (χ2n) is 7.99. The van der Waals surface area contributed by atoms with E-state index in [-0.39, 0.29) is 12.5 Å². The third-order valence-corrected chi connectivity index (χ3v) is 5.92. The van der Waals surface area contributed by atoms with E-state index in [1.54, 1.807) is 0 Å². The van der Waals surface area contributed by atoms with Gasteiger partial charge in [0, 0.05) is 30.2 Å². The molecule has 2 aromatic heterocycles. The number of hydrogen-bond donors (Lipinski definition) is 1. The van der Waals surface area contributed by atoms with Crippen LogP contribution in [0.25, 0.3) is 33.1 Å². The quantitative estimate of drug-likeness (QED) is 0.476. The van der Waals surface area contributed by atoms with E-state index in [9.17, 15) is 4.79 Å². The van der Waals surface area contributed by atoms with Crippen molar-refractivity contribution in [3.8, 4) is 11.1 Å². The average molecular weight is 408 g/mol. The summed E-state index contributed by atoms with van der Waals surface area (Å²) in [5.74, 6) is -0.352. The lowest BCUT2D eigenvalue weighted by atomic mass is 10.0. The van der Waals surface area contributed by atoms with Gasteiger partial charge in [0.2, 0.25) is 5.91 Å². The maximum Gasteiger partial charge on any atom is 0.298 e. The van der Waals surface area contributed by atoms with Crippen molar-refractivity contribution in [1.82, 2.24) is 9.55 Å². The van der Waals surface area contributed by atoms with E-state index in [0.717, 1.165) is 46.2 Å². The fourth-order valence-electron chi connectivity index (χ4n) is 4.38. The molecule has 0 aliphatic carbocycles. The van der Waals surface area contributed by atoms with Crippen LogP contribution in [0.3, 0.4) is 0 Å². The molecule has 3 aromatic carbocycles. The molecule has 6 rings (SSSR count). The fraction of sp³-hybridized carbons (Fsp3) is 0.120. The number of nitrogens with zero attached hydrogens (tertiary/aromatic N) is 3. The number of benzene rings is 3. The van der Waals surface area contributed by atoms with Crippen molar-refractivity contribution < 1.29 is 9.21 Å². The van der Waals surface area contributed by atoms with E-state index >= 15 is 0 Å². The molecule has 3 heterocycles. The topological polar surface area (TPSA) is 77.3 Å².